The topological polar surface area (TPSA) is 69.7 Å². The zero-order valence-electron chi connectivity index (χ0n) is 14.7. The number of ether oxygens (including phenoxy) is 3. The Morgan fingerprint density at radius 1 is 1.04 bits per heavy atom. The summed E-state index contributed by atoms with van der Waals surface area (Å²) in [6, 6.07) is 10.9. The van der Waals surface area contributed by atoms with E-state index in [-0.39, 0.29) is 12.5 Å². The van der Waals surface area contributed by atoms with Gasteiger partial charge in [0.25, 0.3) is 5.91 Å². The van der Waals surface area contributed by atoms with Crippen LogP contribution in [0, 0.1) is 0 Å². The van der Waals surface area contributed by atoms with Gasteiger partial charge in [0.1, 0.15) is 11.5 Å². The second-order valence-electron chi connectivity index (χ2n) is 5.29. The largest absolute Gasteiger partial charge is 0.494 e. The molecule has 1 heterocycles. The van der Waals surface area contributed by atoms with Crippen LogP contribution in [-0.2, 0) is 11.3 Å². The fourth-order valence-electron chi connectivity index (χ4n) is 2.07. The molecule has 134 valence electrons. The van der Waals surface area contributed by atoms with Crippen molar-refractivity contribution in [1.29, 1.82) is 0 Å². The first kappa shape index (κ1) is 18.6. The minimum Gasteiger partial charge on any atom is -0.494 e. The van der Waals surface area contributed by atoms with Crippen molar-refractivity contribution in [1.82, 2.24) is 10.3 Å². The van der Waals surface area contributed by atoms with Crippen LogP contribution >= 0.6 is 0 Å². The fourth-order valence-corrected chi connectivity index (χ4v) is 2.07. The first-order valence-corrected chi connectivity index (χ1v) is 8.42. The first-order valence-electron chi connectivity index (χ1n) is 8.42. The smallest absolute Gasteiger partial charge is 0.258 e. The molecule has 0 fully saturated rings. The molecule has 6 heteroatoms. The summed E-state index contributed by atoms with van der Waals surface area (Å²) in [6.45, 7) is 5.44. The highest BCUT2D eigenvalue weighted by Gasteiger charge is 2.07. The van der Waals surface area contributed by atoms with Crippen molar-refractivity contribution in [3.8, 4) is 17.4 Å². The molecule has 25 heavy (non-hydrogen) atoms. The van der Waals surface area contributed by atoms with Crippen molar-refractivity contribution in [3.63, 3.8) is 0 Å². The Morgan fingerprint density at radius 3 is 2.44 bits per heavy atom. The second-order valence-corrected chi connectivity index (χ2v) is 5.29. The average molecular weight is 344 g/mol. The summed E-state index contributed by atoms with van der Waals surface area (Å²) in [5, 5.41) is 2.80. The van der Waals surface area contributed by atoms with Gasteiger partial charge in [-0.15, -0.1) is 0 Å². The molecule has 1 amide bonds. The SMILES string of the molecule is CCCOc1ccc(OCC(=O)NCc2cccnc2OCC)cc1. The number of aromatic nitrogens is 1. The standard InChI is InChI=1S/C19H24N2O4/c1-3-12-24-16-7-9-17(10-8-16)25-14-18(22)21-13-15-6-5-11-20-19(15)23-4-2/h5-11H,3-4,12-14H2,1-2H3,(H,21,22). The third kappa shape index (κ3) is 6.33. The Labute approximate surface area is 148 Å². The number of hydrogen-bond donors (Lipinski definition) is 1. The van der Waals surface area contributed by atoms with Gasteiger partial charge in [0.2, 0.25) is 5.88 Å². The summed E-state index contributed by atoms with van der Waals surface area (Å²) >= 11 is 0. The van der Waals surface area contributed by atoms with Crippen LogP contribution in [0.25, 0.3) is 0 Å². The third-order valence-electron chi connectivity index (χ3n) is 3.27. The maximum Gasteiger partial charge on any atom is 0.258 e. The summed E-state index contributed by atoms with van der Waals surface area (Å²) in [4.78, 5) is 16.1. The van der Waals surface area contributed by atoms with Gasteiger partial charge in [0, 0.05) is 18.3 Å². The van der Waals surface area contributed by atoms with Crippen LogP contribution in [0.4, 0.5) is 0 Å². The summed E-state index contributed by atoms with van der Waals surface area (Å²) in [5.74, 6) is 1.74. The molecule has 0 bridgehead atoms. The molecule has 2 rings (SSSR count). The molecule has 6 nitrogen and oxygen atoms in total. The molecule has 0 saturated carbocycles. The number of amides is 1. The average Bonchev–Trinajstić information content (AvgIpc) is 2.65. The summed E-state index contributed by atoms with van der Waals surface area (Å²) in [5.41, 5.74) is 0.829. The molecule has 1 N–H and O–H groups in total. The van der Waals surface area contributed by atoms with Gasteiger partial charge >= 0.3 is 0 Å². The molecule has 0 unspecified atom stereocenters. The van der Waals surface area contributed by atoms with Gasteiger partial charge in [-0.3, -0.25) is 4.79 Å². The van der Waals surface area contributed by atoms with Gasteiger partial charge in [-0.2, -0.15) is 0 Å². The molecule has 1 aromatic heterocycles. The third-order valence-corrected chi connectivity index (χ3v) is 3.27. The van der Waals surface area contributed by atoms with Crippen molar-refractivity contribution in [2.45, 2.75) is 26.8 Å². The van der Waals surface area contributed by atoms with Crippen molar-refractivity contribution < 1.29 is 19.0 Å². The van der Waals surface area contributed by atoms with Crippen LogP contribution in [0.15, 0.2) is 42.6 Å². The number of carbonyl (C=O) groups excluding carboxylic acids is 1. The highest BCUT2D eigenvalue weighted by Crippen LogP contribution is 2.18. The normalized spacial score (nSPS) is 10.2. The number of rotatable bonds is 10. The lowest BCUT2D eigenvalue weighted by molar-refractivity contribution is -0.123. The van der Waals surface area contributed by atoms with E-state index in [0.29, 0.717) is 31.4 Å². The van der Waals surface area contributed by atoms with E-state index in [1.807, 2.05) is 31.2 Å². The lowest BCUT2D eigenvalue weighted by Crippen LogP contribution is -2.28. The predicted octanol–water partition coefficient (Wildman–Crippen LogP) is 2.96. The predicted molar refractivity (Wildman–Crippen MR) is 95.0 cm³/mol. The van der Waals surface area contributed by atoms with Crippen LogP contribution in [0.3, 0.4) is 0 Å². The van der Waals surface area contributed by atoms with Crippen LogP contribution in [0.1, 0.15) is 25.8 Å². The van der Waals surface area contributed by atoms with Gasteiger partial charge in [-0.25, -0.2) is 4.98 Å². The summed E-state index contributed by atoms with van der Waals surface area (Å²) in [7, 11) is 0. The number of pyridine rings is 1. The van der Waals surface area contributed by atoms with Gasteiger partial charge < -0.3 is 19.5 Å². The zero-order chi connectivity index (χ0) is 17.9. The van der Waals surface area contributed by atoms with Gasteiger partial charge in [0.15, 0.2) is 6.61 Å². The Bertz CT molecular complexity index is 659. The molecule has 0 aliphatic heterocycles. The molecule has 0 aliphatic rings. The van der Waals surface area contributed by atoms with Crippen LogP contribution in [0.2, 0.25) is 0 Å². The van der Waals surface area contributed by atoms with Crippen molar-refractivity contribution in [2.24, 2.45) is 0 Å². The summed E-state index contributed by atoms with van der Waals surface area (Å²) < 4.78 is 16.4. The van der Waals surface area contributed by atoms with Gasteiger partial charge in [-0.05, 0) is 43.7 Å². The maximum atomic E-state index is 11.9. The molecule has 0 atom stereocenters. The van der Waals surface area contributed by atoms with E-state index >= 15 is 0 Å². The number of carbonyl (C=O) groups is 1. The van der Waals surface area contributed by atoms with Crippen molar-refractivity contribution in [2.75, 3.05) is 19.8 Å². The van der Waals surface area contributed by atoms with E-state index in [1.54, 1.807) is 18.3 Å². The van der Waals surface area contributed by atoms with Crippen molar-refractivity contribution >= 4 is 5.91 Å². The Hall–Kier alpha value is -2.76. The fraction of sp³-hybridized carbons (Fsp3) is 0.368. The number of nitrogens with one attached hydrogen (secondary N) is 1. The molecule has 1 aromatic carbocycles. The number of benzene rings is 1. The van der Waals surface area contributed by atoms with Crippen LogP contribution < -0.4 is 19.5 Å². The van der Waals surface area contributed by atoms with E-state index in [1.165, 1.54) is 0 Å². The molecule has 0 spiro atoms. The van der Waals surface area contributed by atoms with E-state index in [0.717, 1.165) is 17.7 Å². The quantitative estimate of drug-likeness (QED) is 0.717. The minimum absolute atomic E-state index is 0.0562. The zero-order valence-corrected chi connectivity index (χ0v) is 14.7. The van der Waals surface area contributed by atoms with Gasteiger partial charge in [0.05, 0.1) is 13.2 Å². The highest BCUT2D eigenvalue weighted by molar-refractivity contribution is 5.77. The van der Waals surface area contributed by atoms with E-state index in [2.05, 4.69) is 17.2 Å². The number of nitrogens with zero attached hydrogens (tertiary/aromatic N) is 1. The Balaban J connectivity index is 1.77. The van der Waals surface area contributed by atoms with E-state index in [4.69, 9.17) is 14.2 Å². The van der Waals surface area contributed by atoms with Crippen LogP contribution in [-0.4, -0.2) is 30.7 Å². The highest BCUT2D eigenvalue weighted by atomic mass is 16.5. The molecule has 0 radical (unpaired) electrons. The van der Waals surface area contributed by atoms with Gasteiger partial charge in [-0.1, -0.05) is 13.0 Å². The molecule has 0 saturated heterocycles. The number of hydrogen-bond acceptors (Lipinski definition) is 5. The molecular formula is C19H24N2O4. The van der Waals surface area contributed by atoms with Crippen LogP contribution in [0.5, 0.6) is 17.4 Å². The monoisotopic (exact) mass is 344 g/mol. The molecular weight excluding hydrogens is 320 g/mol. The molecule has 0 aliphatic carbocycles. The van der Waals surface area contributed by atoms with E-state index < -0.39 is 0 Å². The Morgan fingerprint density at radius 2 is 1.76 bits per heavy atom. The van der Waals surface area contributed by atoms with Crippen molar-refractivity contribution in [3.05, 3.63) is 48.2 Å². The maximum absolute atomic E-state index is 11.9. The van der Waals surface area contributed by atoms with E-state index in [9.17, 15) is 4.79 Å². The minimum atomic E-state index is -0.211. The first-order chi connectivity index (χ1) is 12.2. The second kappa shape index (κ2) is 10.2. The lowest BCUT2D eigenvalue weighted by atomic mass is 10.2. The molecule has 2 aromatic rings. The Kier molecular flexibility index (Phi) is 7.56. The lowest BCUT2D eigenvalue weighted by Gasteiger charge is -2.11. The summed E-state index contributed by atoms with van der Waals surface area (Å²) in [6.07, 6.45) is 2.62.